The van der Waals surface area contributed by atoms with Gasteiger partial charge in [-0.15, -0.1) is 10.2 Å². The van der Waals surface area contributed by atoms with Gasteiger partial charge < -0.3 is 15.9 Å². The summed E-state index contributed by atoms with van der Waals surface area (Å²) in [5.41, 5.74) is 0.784. The van der Waals surface area contributed by atoms with E-state index in [1.165, 1.54) is 35.7 Å². The first-order valence-corrected chi connectivity index (χ1v) is 9.93. The molecule has 1 fully saturated rings. The van der Waals surface area contributed by atoms with Crippen LogP contribution < -0.4 is 15.9 Å². The smallest absolute Gasteiger partial charge is 0.221 e. The van der Waals surface area contributed by atoms with Gasteiger partial charge in [-0.1, -0.05) is 43.2 Å². The summed E-state index contributed by atoms with van der Waals surface area (Å²) in [6, 6.07) is 7.87. The number of carbonyl (C=O) groups is 1. The van der Waals surface area contributed by atoms with Crippen LogP contribution in [0.4, 0.5) is 0 Å². The van der Waals surface area contributed by atoms with Crippen LogP contribution in [0.25, 0.3) is 11.4 Å². The molecule has 1 heterocycles. The first-order valence-electron chi connectivity index (χ1n) is 8.95. The van der Waals surface area contributed by atoms with Crippen molar-refractivity contribution in [3.05, 3.63) is 24.3 Å². The number of hydrogen-bond acceptors (Lipinski definition) is 6. The summed E-state index contributed by atoms with van der Waals surface area (Å²) < 4.78 is 6.80. The van der Waals surface area contributed by atoms with Gasteiger partial charge in [0.1, 0.15) is 5.75 Å². The van der Waals surface area contributed by atoms with Gasteiger partial charge in [-0.3, -0.25) is 4.79 Å². The van der Waals surface area contributed by atoms with Crippen molar-refractivity contribution in [3.8, 4) is 17.1 Å². The minimum absolute atomic E-state index is 0.0949. The van der Waals surface area contributed by atoms with Gasteiger partial charge in [0.2, 0.25) is 11.1 Å². The maximum Gasteiger partial charge on any atom is 0.221 e. The van der Waals surface area contributed by atoms with Crippen molar-refractivity contribution in [2.75, 3.05) is 18.7 Å². The van der Waals surface area contributed by atoms with E-state index in [2.05, 4.69) is 15.5 Å². The molecular formula is C18H25N5O2S. The third-order valence-corrected chi connectivity index (χ3v) is 5.49. The first kappa shape index (κ1) is 18.6. The number of hydrogen-bond donors (Lipinski definition) is 2. The first-order chi connectivity index (χ1) is 12.7. The van der Waals surface area contributed by atoms with Crippen molar-refractivity contribution in [2.24, 2.45) is 0 Å². The fraction of sp³-hybridized carbons (Fsp3) is 0.500. The molecule has 7 nitrogen and oxygen atoms in total. The van der Waals surface area contributed by atoms with E-state index in [0.717, 1.165) is 18.4 Å². The maximum atomic E-state index is 12.1. The third kappa shape index (κ3) is 4.49. The van der Waals surface area contributed by atoms with E-state index >= 15 is 0 Å². The number of carbonyl (C=O) groups excluding carboxylic acids is 1. The zero-order chi connectivity index (χ0) is 18.4. The van der Waals surface area contributed by atoms with Crippen molar-refractivity contribution in [1.29, 1.82) is 0 Å². The number of ether oxygens (including phenoxy) is 1. The summed E-state index contributed by atoms with van der Waals surface area (Å²) >= 11 is 1.43. The highest BCUT2D eigenvalue weighted by Gasteiger charge is 2.17. The molecule has 8 heteroatoms. The number of nitrogens with two attached hydrogens (primary N) is 1. The predicted molar refractivity (Wildman–Crippen MR) is 103 cm³/mol. The minimum Gasteiger partial charge on any atom is -0.496 e. The van der Waals surface area contributed by atoms with Gasteiger partial charge >= 0.3 is 0 Å². The Bertz CT molecular complexity index is 743. The summed E-state index contributed by atoms with van der Waals surface area (Å²) in [5, 5.41) is 12.0. The van der Waals surface area contributed by atoms with E-state index in [9.17, 15) is 4.79 Å². The lowest BCUT2D eigenvalue weighted by Crippen LogP contribution is -2.36. The average Bonchev–Trinajstić information content (AvgIpc) is 3.03. The standard InChI is InChI=1S/C18H25N5O2S/c1-25-15-10-6-5-9-14(15)17-21-22-18(23(17)19)26-12-11-16(24)20-13-7-3-2-4-8-13/h5-6,9-10,13H,2-4,7-8,11-12,19H2,1H3,(H,20,24). The van der Waals surface area contributed by atoms with E-state index in [-0.39, 0.29) is 5.91 Å². The third-order valence-electron chi connectivity index (χ3n) is 4.54. The van der Waals surface area contributed by atoms with Crippen LogP contribution in [0.1, 0.15) is 38.5 Å². The molecule has 0 atom stereocenters. The molecule has 0 bridgehead atoms. The van der Waals surface area contributed by atoms with Gasteiger partial charge in [0.05, 0.1) is 12.7 Å². The Morgan fingerprint density at radius 3 is 2.85 bits per heavy atom. The van der Waals surface area contributed by atoms with Gasteiger partial charge in [-0.05, 0) is 25.0 Å². The number of rotatable bonds is 7. The van der Waals surface area contributed by atoms with Crippen LogP contribution in [0.5, 0.6) is 5.75 Å². The molecule has 1 aliphatic carbocycles. The second kappa shape index (κ2) is 8.93. The normalized spacial score (nSPS) is 15.0. The molecule has 0 spiro atoms. The Balaban J connectivity index is 1.54. The lowest BCUT2D eigenvalue weighted by molar-refractivity contribution is -0.121. The number of benzene rings is 1. The highest BCUT2D eigenvalue weighted by Crippen LogP contribution is 2.29. The van der Waals surface area contributed by atoms with Gasteiger partial charge in [0.25, 0.3) is 0 Å². The molecule has 1 saturated carbocycles. The number of nitrogens with one attached hydrogen (secondary N) is 1. The number of para-hydroxylation sites is 1. The topological polar surface area (TPSA) is 95.1 Å². The molecule has 26 heavy (non-hydrogen) atoms. The van der Waals surface area contributed by atoms with Crippen molar-refractivity contribution < 1.29 is 9.53 Å². The number of amides is 1. The van der Waals surface area contributed by atoms with Crippen LogP contribution in [0, 0.1) is 0 Å². The van der Waals surface area contributed by atoms with E-state index in [0.29, 0.717) is 34.9 Å². The van der Waals surface area contributed by atoms with Gasteiger partial charge in [0, 0.05) is 18.2 Å². The molecule has 1 aromatic heterocycles. The molecule has 3 rings (SSSR count). The summed E-state index contributed by atoms with van der Waals surface area (Å²) in [5.74, 6) is 8.07. The lowest BCUT2D eigenvalue weighted by atomic mass is 9.95. The second-order valence-corrected chi connectivity index (χ2v) is 7.44. The number of nitrogens with zero attached hydrogens (tertiary/aromatic N) is 3. The van der Waals surface area contributed by atoms with E-state index in [1.807, 2.05) is 24.3 Å². The van der Waals surface area contributed by atoms with E-state index in [4.69, 9.17) is 10.6 Å². The SMILES string of the molecule is COc1ccccc1-c1nnc(SCCC(=O)NC2CCCCC2)n1N. The van der Waals surface area contributed by atoms with Crippen LogP contribution >= 0.6 is 11.8 Å². The molecule has 3 N–H and O–H groups in total. The molecule has 1 aromatic carbocycles. The van der Waals surface area contributed by atoms with Crippen molar-refractivity contribution >= 4 is 17.7 Å². The summed E-state index contributed by atoms with van der Waals surface area (Å²) in [7, 11) is 1.61. The Hall–Kier alpha value is -2.22. The molecule has 1 aliphatic rings. The average molecular weight is 375 g/mol. The Morgan fingerprint density at radius 2 is 2.08 bits per heavy atom. The summed E-state index contributed by atoms with van der Waals surface area (Å²) in [6.07, 6.45) is 6.33. The number of aromatic nitrogens is 3. The van der Waals surface area contributed by atoms with E-state index < -0.39 is 0 Å². The summed E-state index contributed by atoms with van der Waals surface area (Å²) in [6.45, 7) is 0. The van der Waals surface area contributed by atoms with E-state index in [1.54, 1.807) is 7.11 Å². The van der Waals surface area contributed by atoms with Crippen LogP contribution in [-0.2, 0) is 4.79 Å². The molecule has 1 amide bonds. The molecule has 0 aliphatic heterocycles. The van der Waals surface area contributed by atoms with Crippen LogP contribution in [0.3, 0.4) is 0 Å². The fourth-order valence-electron chi connectivity index (χ4n) is 3.17. The van der Waals surface area contributed by atoms with Gasteiger partial charge in [-0.2, -0.15) is 0 Å². The molecule has 140 valence electrons. The monoisotopic (exact) mass is 375 g/mol. The second-order valence-electron chi connectivity index (χ2n) is 6.38. The van der Waals surface area contributed by atoms with Gasteiger partial charge in [-0.25, -0.2) is 4.68 Å². The Morgan fingerprint density at radius 1 is 1.31 bits per heavy atom. The maximum absolute atomic E-state index is 12.1. The van der Waals surface area contributed by atoms with Crippen LogP contribution in [0.15, 0.2) is 29.4 Å². The zero-order valence-electron chi connectivity index (χ0n) is 15.0. The number of thioether (sulfide) groups is 1. The highest BCUT2D eigenvalue weighted by molar-refractivity contribution is 7.99. The predicted octanol–water partition coefficient (Wildman–Crippen LogP) is 2.60. The molecule has 0 saturated heterocycles. The summed E-state index contributed by atoms with van der Waals surface area (Å²) in [4.78, 5) is 12.1. The van der Waals surface area contributed by atoms with Crippen molar-refractivity contribution in [2.45, 2.75) is 49.7 Å². The Labute approximate surface area is 157 Å². The van der Waals surface area contributed by atoms with Crippen LogP contribution in [-0.4, -0.2) is 39.7 Å². The molecule has 0 unspecified atom stereocenters. The lowest BCUT2D eigenvalue weighted by Gasteiger charge is -2.22. The number of nitrogen functional groups attached to an aromatic ring is 1. The van der Waals surface area contributed by atoms with Gasteiger partial charge in [0.15, 0.2) is 5.82 Å². The Kier molecular flexibility index (Phi) is 6.38. The number of methoxy groups -OCH3 is 1. The van der Waals surface area contributed by atoms with Crippen molar-refractivity contribution in [1.82, 2.24) is 20.2 Å². The quantitative estimate of drug-likeness (QED) is 0.570. The fourth-order valence-corrected chi connectivity index (χ4v) is 3.96. The van der Waals surface area contributed by atoms with Crippen molar-refractivity contribution in [3.63, 3.8) is 0 Å². The molecular weight excluding hydrogens is 350 g/mol. The largest absolute Gasteiger partial charge is 0.496 e. The zero-order valence-corrected chi connectivity index (χ0v) is 15.8. The van der Waals surface area contributed by atoms with Crippen LogP contribution in [0.2, 0.25) is 0 Å². The minimum atomic E-state index is 0.0949. The highest BCUT2D eigenvalue weighted by atomic mass is 32.2. The molecule has 0 radical (unpaired) electrons. The molecule has 2 aromatic rings.